The molecule has 0 fully saturated rings. The van der Waals surface area contributed by atoms with Crippen LogP contribution in [-0.4, -0.2) is 4.98 Å². The van der Waals surface area contributed by atoms with Crippen LogP contribution in [0.2, 0.25) is 0 Å². The Labute approximate surface area is 87.6 Å². The summed E-state index contributed by atoms with van der Waals surface area (Å²) in [4.78, 5) is 13.9. The van der Waals surface area contributed by atoms with Gasteiger partial charge in [-0.05, 0) is 17.2 Å². The fourth-order valence-electron chi connectivity index (χ4n) is 1.44. The molecule has 3 heteroatoms. The first kappa shape index (κ1) is 9.68. The molecular weight excluding hydrogens is 188 g/mol. The predicted octanol–water partition coefficient (Wildman–Crippen LogP) is 1.50. The van der Waals surface area contributed by atoms with E-state index in [1.165, 1.54) is 6.07 Å². The molecule has 2 rings (SSSR count). The summed E-state index contributed by atoms with van der Waals surface area (Å²) in [5.41, 5.74) is 8.31. The lowest BCUT2D eigenvalue weighted by Crippen LogP contribution is -2.03. The molecule has 1 aromatic carbocycles. The molecule has 0 aliphatic carbocycles. The molecule has 0 spiro atoms. The Kier molecular flexibility index (Phi) is 2.65. The summed E-state index contributed by atoms with van der Waals surface area (Å²) in [6.07, 6.45) is 0. The summed E-state index contributed by atoms with van der Waals surface area (Å²) in [5, 5.41) is 0. The van der Waals surface area contributed by atoms with E-state index < -0.39 is 0 Å². The van der Waals surface area contributed by atoms with Crippen molar-refractivity contribution in [3.05, 3.63) is 58.4 Å². The normalized spacial score (nSPS) is 10.2. The van der Waals surface area contributed by atoms with Crippen molar-refractivity contribution in [3.8, 4) is 11.3 Å². The van der Waals surface area contributed by atoms with Crippen molar-refractivity contribution in [1.82, 2.24) is 4.98 Å². The summed E-state index contributed by atoms with van der Waals surface area (Å²) in [7, 11) is 0. The van der Waals surface area contributed by atoms with E-state index in [0.29, 0.717) is 6.54 Å². The summed E-state index contributed by atoms with van der Waals surface area (Å²) >= 11 is 0. The highest BCUT2D eigenvalue weighted by molar-refractivity contribution is 5.58. The van der Waals surface area contributed by atoms with Crippen LogP contribution >= 0.6 is 0 Å². The standard InChI is InChI=1S/C12H12N2O/c13-8-9-4-6-10(7-5-9)11-2-1-3-12(15)14-11/h1-7H,8,13H2,(H,14,15). The molecule has 0 unspecified atom stereocenters. The fraction of sp³-hybridized carbons (Fsp3) is 0.0833. The summed E-state index contributed by atoms with van der Waals surface area (Å²) < 4.78 is 0. The highest BCUT2D eigenvalue weighted by Gasteiger charge is 1.97. The average molecular weight is 200 g/mol. The molecule has 0 bridgehead atoms. The third-order valence-electron chi connectivity index (χ3n) is 2.27. The van der Waals surface area contributed by atoms with Crippen LogP contribution in [0.1, 0.15) is 5.56 Å². The van der Waals surface area contributed by atoms with Crippen LogP contribution in [0.25, 0.3) is 11.3 Å². The summed E-state index contributed by atoms with van der Waals surface area (Å²) in [5.74, 6) is 0. The van der Waals surface area contributed by atoms with E-state index in [9.17, 15) is 4.79 Å². The quantitative estimate of drug-likeness (QED) is 0.771. The molecule has 0 saturated carbocycles. The molecule has 0 aliphatic rings. The van der Waals surface area contributed by atoms with Crippen molar-refractivity contribution in [2.45, 2.75) is 6.54 Å². The Balaban J connectivity index is 2.41. The minimum atomic E-state index is -0.0876. The van der Waals surface area contributed by atoms with Crippen molar-refractivity contribution in [2.75, 3.05) is 0 Å². The zero-order valence-corrected chi connectivity index (χ0v) is 8.23. The van der Waals surface area contributed by atoms with E-state index in [1.54, 1.807) is 6.07 Å². The molecule has 1 aromatic heterocycles. The smallest absolute Gasteiger partial charge is 0.248 e. The van der Waals surface area contributed by atoms with Crippen LogP contribution in [0.15, 0.2) is 47.3 Å². The van der Waals surface area contributed by atoms with Crippen LogP contribution in [0.4, 0.5) is 0 Å². The molecule has 3 N–H and O–H groups in total. The molecular formula is C12H12N2O. The minimum Gasteiger partial charge on any atom is -0.326 e. The number of hydrogen-bond donors (Lipinski definition) is 2. The first-order valence-corrected chi connectivity index (χ1v) is 4.78. The molecule has 15 heavy (non-hydrogen) atoms. The molecule has 3 nitrogen and oxygen atoms in total. The number of pyridine rings is 1. The Hall–Kier alpha value is -1.87. The van der Waals surface area contributed by atoms with Crippen LogP contribution in [-0.2, 0) is 6.54 Å². The Morgan fingerprint density at radius 3 is 2.40 bits per heavy atom. The van der Waals surface area contributed by atoms with Crippen molar-refractivity contribution >= 4 is 0 Å². The van der Waals surface area contributed by atoms with Gasteiger partial charge in [0, 0.05) is 18.3 Å². The zero-order chi connectivity index (χ0) is 10.7. The van der Waals surface area contributed by atoms with Gasteiger partial charge in [0.25, 0.3) is 0 Å². The Bertz CT molecular complexity index is 500. The minimum absolute atomic E-state index is 0.0876. The van der Waals surface area contributed by atoms with Crippen molar-refractivity contribution in [1.29, 1.82) is 0 Å². The molecule has 0 atom stereocenters. The van der Waals surface area contributed by atoms with Gasteiger partial charge in [0.05, 0.1) is 0 Å². The van der Waals surface area contributed by atoms with Gasteiger partial charge in [0.2, 0.25) is 5.56 Å². The molecule has 0 amide bonds. The summed E-state index contributed by atoms with van der Waals surface area (Å²) in [6.45, 7) is 0.533. The van der Waals surface area contributed by atoms with E-state index in [4.69, 9.17) is 5.73 Å². The number of H-pyrrole nitrogens is 1. The molecule has 2 aromatic rings. The molecule has 76 valence electrons. The zero-order valence-electron chi connectivity index (χ0n) is 8.23. The largest absolute Gasteiger partial charge is 0.326 e. The topological polar surface area (TPSA) is 58.9 Å². The molecule has 0 aliphatic heterocycles. The third-order valence-corrected chi connectivity index (χ3v) is 2.27. The van der Waals surface area contributed by atoms with Crippen molar-refractivity contribution < 1.29 is 0 Å². The van der Waals surface area contributed by atoms with E-state index in [0.717, 1.165) is 16.8 Å². The number of nitrogens with two attached hydrogens (primary N) is 1. The lowest BCUT2D eigenvalue weighted by atomic mass is 10.1. The molecule has 1 heterocycles. The number of benzene rings is 1. The maximum Gasteiger partial charge on any atom is 0.248 e. The second-order valence-electron chi connectivity index (χ2n) is 3.33. The van der Waals surface area contributed by atoms with Gasteiger partial charge in [-0.2, -0.15) is 0 Å². The number of nitrogens with one attached hydrogen (secondary N) is 1. The van der Waals surface area contributed by atoms with E-state index in [2.05, 4.69) is 4.98 Å². The fourth-order valence-corrected chi connectivity index (χ4v) is 1.44. The van der Waals surface area contributed by atoms with Crippen LogP contribution in [0, 0.1) is 0 Å². The molecule has 0 saturated heterocycles. The average Bonchev–Trinajstić information content (AvgIpc) is 2.29. The van der Waals surface area contributed by atoms with E-state index in [-0.39, 0.29) is 5.56 Å². The van der Waals surface area contributed by atoms with Gasteiger partial charge < -0.3 is 10.7 Å². The van der Waals surface area contributed by atoms with Crippen molar-refractivity contribution in [3.63, 3.8) is 0 Å². The second-order valence-corrected chi connectivity index (χ2v) is 3.33. The van der Waals surface area contributed by atoms with Gasteiger partial charge in [-0.1, -0.05) is 30.3 Å². The highest BCUT2D eigenvalue weighted by Crippen LogP contribution is 2.15. The number of aromatic nitrogens is 1. The SMILES string of the molecule is NCc1ccc(-c2cccc(=O)[nH]2)cc1. The maximum atomic E-state index is 11.1. The van der Waals surface area contributed by atoms with Crippen molar-refractivity contribution in [2.24, 2.45) is 5.73 Å². The first-order valence-electron chi connectivity index (χ1n) is 4.78. The van der Waals surface area contributed by atoms with Gasteiger partial charge >= 0.3 is 0 Å². The highest BCUT2D eigenvalue weighted by atomic mass is 16.1. The van der Waals surface area contributed by atoms with E-state index >= 15 is 0 Å². The Morgan fingerprint density at radius 2 is 1.80 bits per heavy atom. The lowest BCUT2D eigenvalue weighted by molar-refractivity contribution is 1.07. The number of hydrogen-bond acceptors (Lipinski definition) is 2. The monoisotopic (exact) mass is 200 g/mol. The Morgan fingerprint density at radius 1 is 1.07 bits per heavy atom. The van der Waals surface area contributed by atoms with E-state index in [1.807, 2.05) is 30.3 Å². The van der Waals surface area contributed by atoms with Crippen LogP contribution in [0.3, 0.4) is 0 Å². The molecule has 0 radical (unpaired) electrons. The third kappa shape index (κ3) is 2.14. The lowest BCUT2D eigenvalue weighted by Gasteiger charge is -2.02. The van der Waals surface area contributed by atoms with Gasteiger partial charge in [-0.25, -0.2) is 0 Å². The van der Waals surface area contributed by atoms with Crippen LogP contribution < -0.4 is 11.3 Å². The second kappa shape index (κ2) is 4.11. The van der Waals surface area contributed by atoms with Gasteiger partial charge in [-0.15, -0.1) is 0 Å². The van der Waals surface area contributed by atoms with Gasteiger partial charge in [0.1, 0.15) is 0 Å². The predicted molar refractivity (Wildman–Crippen MR) is 60.4 cm³/mol. The van der Waals surface area contributed by atoms with Gasteiger partial charge in [0.15, 0.2) is 0 Å². The first-order chi connectivity index (χ1) is 7.29. The number of aromatic amines is 1. The van der Waals surface area contributed by atoms with Gasteiger partial charge in [-0.3, -0.25) is 4.79 Å². The maximum absolute atomic E-state index is 11.1. The summed E-state index contributed by atoms with van der Waals surface area (Å²) in [6, 6.07) is 12.9. The van der Waals surface area contributed by atoms with Crippen LogP contribution in [0.5, 0.6) is 0 Å². The number of rotatable bonds is 2.